The zero-order valence-corrected chi connectivity index (χ0v) is 18.9. The summed E-state index contributed by atoms with van der Waals surface area (Å²) in [4.78, 5) is 27.3. The Morgan fingerprint density at radius 3 is 2.68 bits per heavy atom. The number of anilines is 1. The van der Waals surface area contributed by atoms with Crippen LogP contribution in [-0.2, 0) is 4.79 Å². The van der Waals surface area contributed by atoms with Gasteiger partial charge in [0.15, 0.2) is 11.5 Å². The molecule has 0 aliphatic carbocycles. The van der Waals surface area contributed by atoms with Gasteiger partial charge in [0.05, 0.1) is 12.1 Å². The predicted octanol–water partition coefficient (Wildman–Crippen LogP) is 2.42. The summed E-state index contributed by atoms with van der Waals surface area (Å²) in [6.07, 6.45) is 4.08. The van der Waals surface area contributed by atoms with E-state index in [1.165, 1.54) is 5.01 Å². The molecule has 10 nitrogen and oxygen atoms in total. The van der Waals surface area contributed by atoms with Crippen molar-refractivity contribution in [2.75, 3.05) is 25.1 Å². The molecule has 3 amide bonds. The summed E-state index contributed by atoms with van der Waals surface area (Å²) in [6.45, 7) is 0.837. The highest BCUT2D eigenvalue weighted by atomic mass is 35.5. The maximum atomic E-state index is 13.0. The number of hydrogen-bond acceptors (Lipinski definition) is 7. The summed E-state index contributed by atoms with van der Waals surface area (Å²) >= 11 is 6.02. The van der Waals surface area contributed by atoms with Crippen LogP contribution in [0.4, 0.5) is 10.5 Å². The average Bonchev–Trinajstić information content (AvgIpc) is 3.41. The topological polar surface area (TPSA) is 98.4 Å². The van der Waals surface area contributed by atoms with E-state index in [4.69, 9.17) is 21.1 Å². The number of carbonyl (C=O) groups is 2. The summed E-state index contributed by atoms with van der Waals surface area (Å²) in [5, 5.41) is 6.88. The molecule has 3 unspecified atom stereocenters. The molecule has 0 bridgehead atoms. The van der Waals surface area contributed by atoms with Gasteiger partial charge >= 0.3 is 6.03 Å². The molecule has 2 aromatic carbocycles. The van der Waals surface area contributed by atoms with Crippen LogP contribution in [0.15, 0.2) is 54.9 Å². The predicted molar refractivity (Wildman–Crippen MR) is 124 cm³/mol. The number of rotatable bonds is 4. The first kappa shape index (κ1) is 21.1. The summed E-state index contributed by atoms with van der Waals surface area (Å²) in [5.74, 6) is 0.920. The van der Waals surface area contributed by atoms with Crippen LogP contribution >= 0.6 is 11.6 Å². The van der Waals surface area contributed by atoms with Gasteiger partial charge in [-0.1, -0.05) is 23.7 Å². The highest BCUT2D eigenvalue weighted by Gasteiger charge is 2.48. The Morgan fingerprint density at radius 2 is 1.85 bits per heavy atom. The molecule has 4 heterocycles. The van der Waals surface area contributed by atoms with Crippen LogP contribution in [0.2, 0.25) is 5.02 Å². The van der Waals surface area contributed by atoms with Gasteiger partial charge in [-0.2, -0.15) is 0 Å². The van der Waals surface area contributed by atoms with Crippen molar-refractivity contribution in [1.82, 2.24) is 25.8 Å². The first-order valence-corrected chi connectivity index (χ1v) is 11.5. The number of ether oxygens (including phenoxy) is 2. The van der Waals surface area contributed by atoms with Gasteiger partial charge in [0, 0.05) is 29.2 Å². The third-order valence-corrected chi connectivity index (χ3v) is 6.58. The normalized spacial score (nSPS) is 24.8. The van der Waals surface area contributed by atoms with Crippen molar-refractivity contribution in [1.29, 1.82) is 0 Å². The minimum Gasteiger partial charge on any atom is -0.486 e. The lowest BCUT2D eigenvalue weighted by molar-refractivity contribution is -0.117. The highest BCUT2D eigenvalue weighted by Crippen LogP contribution is 2.35. The smallest absolute Gasteiger partial charge is 0.340 e. The van der Waals surface area contributed by atoms with Crippen molar-refractivity contribution in [2.45, 2.75) is 24.7 Å². The number of hydrazine groups is 2. The van der Waals surface area contributed by atoms with Crippen LogP contribution in [0.3, 0.4) is 0 Å². The summed E-state index contributed by atoms with van der Waals surface area (Å²) in [6, 6.07) is 12.8. The van der Waals surface area contributed by atoms with E-state index in [2.05, 4.69) is 16.2 Å². The molecular weight excluding hydrogens is 460 g/mol. The molecule has 2 aromatic rings. The Balaban J connectivity index is 1.11. The molecule has 3 N–H and O–H groups in total. The zero-order valence-electron chi connectivity index (χ0n) is 18.1. The Kier molecular flexibility index (Phi) is 5.20. The van der Waals surface area contributed by atoms with Gasteiger partial charge in [-0.15, -0.1) is 0 Å². The first-order chi connectivity index (χ1) is 16.5. The molecule has 11 heteroatoms. The first-order valence-electron chi connectivity index (χ1n) is 11.1. The molecule has 34 heavy (non-hydrogen) atoms. The van der Waals surface area contributed by atoms with Crippen molar-refractivity contribution < 1.29 is 19.1 Å². The van der Waals surface area contributed by atoms with Gasteiger partial charge in [-0.3, -0.25) is 9.69 Å². The van der Waals surface area contributed by atoms with E-state index in [1.54, 1.807) is 29.3 Å². The molecule has 0 saturated carbocycles. The maximum Gasteiger partial charge on any atom is 0.340 e. The second-order valence-corrected chi connectivity index (χ2v) is 8.93. The minimum atomic E-state index is -0.318. The van der Waals surface area contributed by atoms with E-state index >= 15 is 0 Å². The summed E-state index contributed by atoms with van der Waals surface area (Å²) < 4.78 is 11.1. The molecular formula is C23H23ClN6O4. The summed E-state index contributed by atoms with van der Waals surface area (Å²) in [5.41, 5.74) is 8.39. The lowest BCUT2D eigenvalue weighted by atomic mass is 10.00. The van der Waals surface area contributed by atoms with E-state index in [0.29, 0.717) is 35.4 Å². The maximum absolute atomic E-state index is 13.0. The van der Waals surface area contributed by atoms with Gasteiger partial charge in [-0.25, -0.2) is 20.7 Å². The van der Waals surface area contributed by atoms with Gasteiger partial charge in [0.25, 0.3) is 0 Å². The number of hydrogen-bond donors (Lipinski definition) is 3. The Bertz CT molecular complexity index is 1160. The quantitative estimate of drug-likeness (QED) is 0.615. The second-order valence-electron chi connectivity index (χ2n) is 8.50. The Labute approximate surface area is 201 Å². The third kappa shape index (κ3) is 3.79. The number of urea groups is 1. The van der Waals surface area contributed by atoms with Crippen LogP contribution in [0, 0.1) is 0 Å². The molecule has 0 spiro atoms. The Morgan fingerprint density at radius 1 is 1.06 bits per heavy atom. The molecule has 2 saturated heterocycles. The molecule has 4 aliphatic rings. The summed E-state index contributed by atoms with van der Waals surface area (Å²) in [7, 11) is 0. The van der Waals surface area contributed by atoms with E-state index in [-0.39, 0.29) is 36.7 Å². The number of carbonyl (C=O) groups excluding carboxylic acids is 2. The van der Waals surface area contributed by atoms with Crippen molar-refractivity contribution >= 4 is 29.2 Å². The fourth-order valence-corrected chi connectivity index (χ4v) is 4.84. The standard InChI is InChI=1S/C23H23ClN6O4/c24-15-3-1-14(2-4-15)17-12-18-22-27-30(23(32)28(22)7-8-29(18)26-17)13-21(31)25-16-5-6-19-20(11-16)34-10-9-33-19/h1-8,11,17-18,22,26-27H,9-10,12-13H2,(H,25,31). The van der Waals surface area contributed by atoms with Crippen molar-refractivity contribution in [3.05, 3.63) is 65.5 Å². The zero-order chi connectivity index (χ0) is 23.2. The van der Waals surface area contributed by atoms with Gasteiger partial charge < -0.3 is 19.8 Å². The fourth-order valence-electron chi connectivity index (χ4n) is 4.71. The van der Waals surface area contributed by atoms with E-state index in [1.807, 2.05) is 35.5 Å². The van der Waals surface area contributed by atoms with Crippen LogP contribution in [0.5, 0.6) is 11.5 Å². The van der Waals surface area contributed by atoms with E-state index in [9.17, 15) is 9.59 Å². The monoisotopic (exact) mass is 482 g/mol. The second kappa shape index (κ2) is 8.39. The molecule has 176 valence electrons. The van der Waals surface area contributed by atoms with Crippen LogP contribution in [-0.4, -0.2) is 58.8 Å². The third-order valence-electron chi connectivity index (χ3n) is 6.33. The SMILES string of the molecule is O=C(CN1NC2C3CC(c4ccc(Cl)cc4)NN3C=CN2C1=O)Nc1ccc2c(c1)OCCO2. The van der Waals surface area contributed by atoms with Crippen molar-refractivity contribution in [3.63, 3.8) is 0 Å². The molecule has 0 radical (unpaired) electrons. The lowest BCUT2D eigenvalue weighted by Crippen LogP contribution is -2.54. The number of nitrogens with zero attached hydrogens (tertiary/aromatic N) is 3. The van der Waals surface area contributed by atoms with E-state index < -0.39 is 0 Å². The molecule has 2 fully saturated rings. The fraction of sp³-hybridized carbons (Fsp3) is 0.304. The van der Waals surface area contributed by atoms with Gasteiger partial charge in [0.1, 0.15) is 25.9 Å². The average molecular weight is 483 g/mol. The number of benzene rings is 2. The van der Waals surface area contributed by atoms with Crippen molar-refractivity contribution in [3.8, 4) is 11.5 Å². The highest BCUT2D eigenvalue weighted by molar-refractivity contribution is 6.30. The van der Waals surface area contributed by atoms with Crippen LogP contribution in [0.1, 0.15) is 18.0 Å². The number of fused-ring (bicyclic) bond motifs is 4. The van der Waals surface area contributed by atoms with Crippen LogP contribution in [0.25, 0.3) is 0 Å². The minimum absolute atomic E-state index is 0.000448. The van der Waals surface area contributed by atoms with Crippen molar-refractivity contribution in [2.24, 2.45) is 0 Å². The lowest BCUT2D eigenvalue weighted by Gasteiger charge is -2.34. The molecule has 4 aliphatic heterocycles. The largest absolute Gasteiger partial charge is 0.486 e. The number of amides is 3. The molecule has 0 aromatic heterocycles. The Hall–Kier alpha value is -3.47. The molecule has 3 atom stereocenters. The molecule has 6 rings (SSSR count). The number of halogens is 1. The van der Waals surface area contributed by atoms with E-state index in [0.717, 1.165) is 12.0 Å². The van der Waals surface area contributed by atoms with Gasteiger partial charge in [-0.05, 0) is 36.2 Å². The number of nitrogens with one attached hydrogen (secondary N) is 3. The van der Waals surface area contributed by atoms with Gasteiger partial charge in [0.2, 0.25) is 5.91 Å². The van der Waals surface area contributed by atoms with Crippen LogP contribution < -0.4 is 25.6 Å².